The zero-order chi connectivity index (χ0) is 19.3. The topological polar surface area (TPSA) is 72.5 Å². The van der Waals surface area contributed by atoms with Crippen LogP contribution in [0.3, 0.4) is 0 Å². The standard InChI is InChI=1S/C20H22O7/c1-9-14-16(19-12(26-9)8-13(21)27-19)17(23-3)10-6-7-11(22-2)18(24-4)15(10)20(14)25-5/h6-7,9,12,19H,8H2,1-5H3/t9-,12-,19+/m1/s1. The van der Waals surface area contributed by atoms with Gasteiger partial charge in [0.05, 0.1) is 46.4 Å². The van der Waals surface area contributed by atoms with Gasteiger partial charge in [0, 0.05) is 16.5 Å². The van der Waals surface area contributed by atoms with E-state index in [9.17, 15) is 4.79 Å². The van der Waals surface area contributed by atoms with Crippen LogP contribution in [0.2, 0.25) is 0 Å². The first kappa shape index (κ1) is 17.7. The van der Waals surface area contributed by atoms with E-state index in [-0.39, 0.29) is 24.6 Å². The van der Waals surface area contributed by atoms with Crippen molar-refractivity contribution in [3.63, 3.8) is 0 Å². The van der Waals surface area contributed by atoms with Gasteiger partial charge in [0.25, 0.3) is 0 Å². The lowest BCUT2D eigenvalue weighted by Gasteiger charge is -2.34. The zero-order valence-electron chi connectivity index (χ0n) is 16.0. The molecule has 2 aromatic rings. The van der Waals surface area contributed by atoms with Crippen molar-refractivity contribution in [1.82, 2.24) is 0 Å². The molecule has 1 fully saturated rings. The molecule has 144 valence electrons. The van der Waals surface area contributed by atoms with Crippen LogP contribution in [0.25, 0.3) is 10.8 Å². The van der Waals surface area contributed by atoms with Crippen LogP contribution in [-0.2, 0) is 14.3 Å². The minimum absolute atomic E-state index is 0.226. The number of hydrogen-bond donors (Lipinski definition) is 0. The highest BCUT2D eigenvalue weighted by atomic mass is 16.6. The molecule has 2 aliphatic rings. The largest absolute Gasteiger partial charge is 0.496 e. The minimum atomic E-state index is -0.523. The van der Waals surface area contributed by atoms with E-state index in [1.165, 1.54) is 0 Å². The second-order valence-corrected chi connectivity index (χ2v) is 6.55. The zero-order valence-corrected chi connectivity index (χ0v) is 16.0. The SMILES string of the molecule is COc1ccc2c(OC)c3c(c(OC)c2c1OC)[C@@H](C)O[C@@H]1CC(=O)O[C@H]31. The third-order valence-electron chi connectivity index (χ3n) is 5.24. The normalized spacial score (nSPS) is 23.4. The Morgan fingerprint density at radius 3 is 2.26 bits per heavy atom. The Kier molecular flexibility index (Phi) is 4.26. The first-order valence-electron chi connectivity index (χ1n) is 8.73. The lowest BCUT2D eigenvalue weighted by Crippen LogP contribution is -2.27. The van der Waals surface area contributed by atoms with E-state index in [2.05, 4.69) is 0 Å². The number of carbonyl (C=O) groups is 1. The predicted octanol–water partition coefficient (Wildman–Crippen LogP) is 3.32. The number of methoxy groups -OCH3 is 4. The summed E-state index contributed by atoms with van der Waals surface area (Å²) in [6.07, 6.45) is -0.940. The summed E-state index contributed by atoms with van der Waals surface area (Å²) in [6.45, 7) is 1.93. The molecule has 0 N–H and O–H groups in total. The molecule has 0 aromatic heterocycles. The summed E-state index contributed by atoms with van der Waals surface area (Å²) >= 11 is 0. The molecule has 2 aromatic carbocycles. The Balaban J connectivity index is 2.14. The second-order valence-electron chi connectivity index (χ2n) is 6.55. The van der Waals surface area contributed by atoms with Gasteiger partial charge in [-0.25, -0.2) is 0 Å². The van der Waals surface area contributed by atoms with Crippen molar-refractivity contribution in [2.24, 2.45) is 0 Å². The summed E-state index contributed by atoms with van der Waals surface area (Å²) in [5.74, 6) is 2.08. The first-order chi connectivity index (χ1) is 13.0. The predicted molar refractivity (Wildman–Crippen MR) is 96.9 cm³/mol. The Hall–Kier alpha value is -2.67. The third-order valence-corrected chi connectivity index (χ3v) is 5.24. The number of benzene rings is 2. The van der Waals surface area contributed by atoms with E-state index < -0.39 is 6.10 Å². The maximum Gasteiger partial charge on any atom is 0.309 e. The van der Waals surface area contributed by atoms with Crippen molar-refractivity contribution >= 4 is 16.7 Å². The van der Waals surface area contributed by atoms with E-state index in [1.54, 1.807) is 28.4 Å². The van der Waals surface area contributed by atoms with Gasteiger partial charge in [-0.3, -0.25) is 4.79 Å². The van der Waals surface area contributed by atoms with Crippen LogP contribution < -0.4 is 18.9 Å². The number of ether oxygens (including phenoxy) is 6. The molecule has 4 rings (SSSR count). The van der Waals surface area contributed by atoms with Gasteiger partial charge >= 0.3 is 5.97 Å². The van der Waals surface area contributed by atoms with Crippen LogP contribution in [0.4, 0.5) is 0 Å². The van der Waals surface area contributed by atoms with Crippen LogP contribution in [0.15, 0.2) is 12.1 Å². The lowest BCUT2D eigenvalue weighted by molar-refractivity contribution is -0.143. The summed E-state index contributed by atoms with van der Waals surface area (Å²) in [6, 6.07) is 3.71. The molecule has 0 saturated carbocycles. The van der Waals surface area contributed by atoms with Crippen molar-refractivity contribution in [2.45, 2.75) is 31.7 Å². The average Bonchev–Trinajstić information content (AvgIpc) is 3.04. The number of carbonyl (C=O) groups excluding carboxylic acids is 1. The van der Waals surface area contributed by atoms with Gasteiger partial charge in [-0.1, -0.05) is 0 Å². The number of rotatable bonds is 4. The molecule has 1 saturated heterocycles. The molecule has 0 bridgehead atoms. The molecule has 0 spiro atoms. The summed E-state index contributed by atoms with van der Waals surface area (Å²) < 4.78 is 34.3. The van der Waals surface area contributed by atoms with Crippen LogP contribution >= 0.6 is 0 Å². The van der Waals surface area contributed by atoms with Crippen molar-refractivity contribution < 1.29 is 33.2 Å². The van der Waals surface area contributed by atoms with E-state index in [1.807, 2.05) is 19.1 Å². The molecule has 2 heterocycles. The van der Waals surface area contributed by atoms with Crippen LogP contribution in [0, 0.1) is 0 Å². The summed E-state index contributed by atoms with van der Waals surface area (Å²) in [5, 5.41) is 1.52. The van der Waals surface area contributed by atoms with Crippen LogP contribution in [0.1, 0.15) is 36.7 Å². The number of esters is 1. The number of fused-ring (bicyclic) bond motifs is 4. The molecular weight excluding hydrogens is 352 g/mol. The monoisotopic (exact) mass is 374 g/mol. The van der Waals surface area contributed by atoms with Gasteiger partial charge in [-0.2, -0.15) is 0 Å². The van der Waals surface area contributed by atoms with E-state index in [0.717, 1.165) is 21.9 Å². The van der Waals surface area contributed by atoms with Gasteiger partial charge < -0.3 is 28.4 Å². The molecule has 0 radical (unpaired) electrons. The third kappa shape index (κ3) is 2.41. The van der Waals surface area contributed by atoms with Crippen molar-refractivity contribution in [1.29, 1.82) is 0 Å². The van der Waals surface area contributed by atoms with Gasteiger partial charge in [-0.05, 0) is 19.1 Å². The summed E-state index contributed by atoms with van der Waals surface area (Å²) in [4.78, 5) is 11.9. The quantitative estimate of drug-likeness (QED) is 0.760. The molecule has 3 atom stereocenters. The van der Waals surface area contributed by atoms with Crippen molar-refractivity contribution in [2.75, 3.05) is 28.4 Å². The average molecular weight is 374 g/mol. The van der Waals surface area contributed by atoms with Crippen molar-refractivity contribution in [3.8, 4) is 23.0 Å². The first-order valence-corrected chi connectivity index (χ1v) is 8.73. The fourth-order valence-electron chi connectivity index (χ4n) is 4.22. The Labute approximate surface area is 157 Å². The molecule has 7 heteroatoms. The van der Waals surface area contributed by atoms with Crippen LogP contribution in [-0.4, -0.2) is 40.5 Å². The number of hydrogen-bond acceptors (Lipinski definition) is 7. The summed E-state index contributed by atoms with van der Waals surface area (Å²) in [7, 11) is 6.36. The molecule has 0 unspecified atom stereocenters. The van der Waals surface area contributed by atoms with Gasteiger partial charge in [0.2, 0.25) is 0 Å². The maximum absolute atomic E-state index is 11.9. The molecular formula is C20H22O7. The minimum Gasteiger partial charge on any atom is -0.496 e. The lowest BCUT2D eigenvalue weighted by atomic mass is 9.87. The highest BCUT2D eigenvalue weighted by molar-refractivity contribution is 6.02. The van der Waals surface area contributed by atoms with E-state index >= 15 is 0 Å². The van der Waals surface area contributed by atoms with Gasteiger partial charge in [-0.15, -0.1) is 0 Å². The summed E-state index contributed by atoms with van der Waals surface area (Å²) in [5.41, 5.74) is 1.59. The smallest absolute Gasteiger partial charge is 0.309 e. The highest BCUT2D eigenvalue weighted by Crippen LogP contribution is 2.56. The van der Waals surface area contributed by atoms with E-state index in [4.69, 9.17) is 28.4 Å². The van der Waals surface area contributed by atoms with Crippen molar-refractivity contribution in [3.05, 3.63) is 23.3 Å². The fraction of sp³-hybridized carbons (Fsp3) is 0.450. The highest BCUT2D eigenvalue weighted by Gasteiger charge is 2.47. The second kappa shape index (κ2) is 6.49. The van der Waals surface area contributed by atoms with Crippen LogP contribution in [0.5, 0.6) is 23.0 Å². The molecule has 0 aliphatic carbocycles. The Bertz CT molecular complexity index is 921. The van der Waals surface area contributed by atoms with E-state index in [0.29, 0.717) is 23.0 Å². The fourth-order valence-corrected chi connectivity index (χ4v) is 4.22. The molecule has 7 nitrogen and oxygen atoms in total. The van der Waals surface area contributed by atoms with Gasteiger partial charge in [0.1, 0.15) is 17.6 Å². The Morgan fingerprint density at radius 2 is 1.63 bits per heavy atom. The molecule has 0 amide bonds. The molecule has 2 aliphatic heterocycles. The van der Waals surface area contributed by atoms with Gasteiger partial charge in [0.15, 0.2) is 17.6 Å². The molecule has 27 heavy (non-hydrogen) atoms. The Morgan fingerprint density at radius 1 is 0.926 bits per heavy atom. The maximum atomic E-state index is 11.9.